The van der Waals surface area contributed by atoms with Crippen molar-refractivity contribution in [3.8, 4) is 0 Å². The predicted octanol–water partition coefficient (Wildman–Crippen LogP) is 2.56. The van der Waals surface area contributed by atoms with Crippen LogP contribution in [0.4, 0.5) is 0 Å². The van der Waals surface area contributed by atoms with Gasteiger partial charge in [0.2, 0.25) is 0 Å². The number of ether oxygens (including phenoxy) is 1. The highest BCUT2D eigenvalue weighted by molar-refractivity contribution is 5.80. The summed E-state index contributed by atoms with van der Waals surface area (Å²) in [5.41, 5.74) is -0.657. The van der Waals surface area contributed by atoms with E-state index in [0.717, 1.165) is 0 Å². The minimum atomic E-state index is -1.77. The first kappa shape index (κ1) is 16.2. The van der Waals surface area contributed by atoms with Crippen LogP contribution in [-0.2, 0) is 15.1 Å². The van der Waals surface area contributed by atoms with Crippen molar-refractivity contribution in [3.05, 3.63) is 71.8 Å². The first-order chi connectivity index (χ1) is 10.4. The number of aliphatic hydroxyl groups is 2. The molecule has 0 fully saturated rings. The lowest BCUT2D eigenvalue weighted by Crippen LogP contribution is -2.36. The summed E-state index contributed by atoms with van der Waals surface area (Å²) in [7, 11) is 0. The standard InChI is InChI=1S/C18H20O4/c1-13(19)16(14-9-5-3-6-10-14)22-17(20)18(2,21)15-11-7-4-8-12-15/h3-13,16,19,21H,1-2H3. The lowest BCUT2D eigenvalue weighted by molar-refractivity contribution is -0.176. The van der Waals surface area contributed by atoms with Crippen molar-refractivity contribution in [2.45, 2.75) is 31.7 Å². The summed E-state index contributed by atoms with van der Waals surface area (Å²) in [4.78, 5) is 12.4. The van der Waals surface area contributed by atoms with Gasteiger partial charge < -0.3 is 14.9 Å². The molecule has 0 radical (unpaired) electrons. The fourth-order valence-corrected chi connectivity index (χ4v) is 2.20. The Kier molecular flexibility index (Phi) is 4.96. The molecular formula is C18H20O4. The van der Waals surface area contributed by atoms with Gasteiger partial charge in [0.25, 0.3) is 0 Å². The van der Waals surface area contributed by atoms with E-state index in [1.807, 2.05) is 6.07 Å². The Morgan fingerprint density at radius 2 is 1.55 bits per heavy atom. The second kappa shape index (κ2) is 6.73. The molecule has 0 aromatic heterocycles. The van der Waals surface area contributed by atoms with Gasteiger partial charge in [-0.2, -0.15) is 0 Å². The molecule has 0 aliphatic heterocycles. The van der Waals surface area contributed by atoms with Crippen LogP contribution in [0.5, 0.6) is 0 Å². The molecule has 0 saturated heterocycles. The van der Waals surface area contributed by atoms with E-state index in [2.05, 4.69) is 0 Å². The molecule has 0 amide bonds. The summed E-state index contributed by atoms with van der Waals surface area (Å²) in [5, 5.41) is 20.4. The zero-order valence-electron chi connectivity index (χ0n) is 12.6. The molecule has 0 bridgehead atoms. The third-order valence-corrected chi connectivity index (χ3v) is 3.53. The maximum Gasteiger partial charge on any atom is 0.343 e. The summed E-state index contributed by atoms with van der Waals surface area (Å²) < 4.78 is 5.38. The average molecular weight is 300 g/mol. The van der Waals surface area contributed by atoms with Crippen molar-refractivity contribution in [2.75, 3.05) is 0 Å². The van der Waals surface area contributed by atoms with Crippen LogP contribution in [0.15, 0.2) is 60.7 Å². The molecule has 2 aromatic carbocycles. The first-order valence-corrected chi connectivity index (χ1v) is 7.15. The third-order valence-electron chi connectivity index (χ3n) is 3.53. The summed E-state index contributed by atoms with van der Waals surface area (Å²) in [6.07, 6.45) is -1.72. The monoisotopic (exact) mass is 300 g/mol. The molecule has 22 heavy (non-hydrogen) atoms. The molecule has 0 aliphatic rings. The molecular weight excluding hydrogens is 280 g/mol. The summed E-state index contributed by atoms with van der Waals surface area (Å²) >= 11 is 0. The Labute approximate surface area is 130 Å². The minimum Gasteiger partial charge on any atom is -0.452 e. The zero-order chi connectivity index (χ0) is 16.2. The van der Waals surface area contributed by atoms with E-state index in [9.17, 15) is 15.0 Å². The molecule has 3 unspecified atom stereocenters. The maximum atomic E-state index is 12.4. The Morgan fingerprint density at radius 3 is 2.05 bits per heavy atom. The van der Waals surface area contributed by atoms with Crippen molar-refractivity contribution in [3.63, 3.8) is 0 Å². The maximum absolute atomic E-state index is 12.4. The summed E-state index contributed by atoms with van der Waals surface area (Å²) in [6.45, 7) is 2.93. The molecule has 0 heterocycles. The molecule has 0 spiro atoms. The fraction of sp³-hybridized carbons (Fsp3) is 0.278. The number of esters is 1. The van der Waals surface area contributed by atoms with Gasteiger partial charge in [-0.1, -0.05) is 60.7 Å². The van der Waals surface area contributed by atoms with Gasteiger partial charge in [0.15, 0.2) is 11.7 Å². The van der Waals surface area contributed by atoms with E-state index in [1.54, 1.807) is 61.5 Å². The van der Waals surface area contributed by atoms with Gasteiger partial charge in [0, 0.05) is 0 Å². The summed E-state index contributed by atoms with van der Waals surface area (Å²) in [6, 6.07) is 17.5. The van der Waals surface area contributed by atoms with Crippen molar-refractivity contribution in [2.24, 2.45) is 0 Å². The smallest absolute Gasteiger partial charge is 0.343 e. The third kappa shape index (κ3) is 3.53. The molecule has 2 N–H and O–H groups in total. The Bertz CT molecular complexity index is 605. The van der Waals surface area contributed by atoms with Gasteiger partial charge in [0.1, 0.15) is 0 Å². The van der Waals surface area contributed by atoms with Gasteiger partial charge in [-0.05, 0) is 25.0 Å². The van der Waals surface area contributed by atoms with Crippen LogP contribution in [0.1, 0.15) is 31.1 Å². The SMILES string of the molecule is CC(O)C(OC(=O)C(C)(O)c1ccccc1)c1ccccc1. The van der Waals surface area contributed by atoms with E-state index in [1.165, 1.54) is 6.92 Å². The molecule has 2 aromatic rings. The topological polar surface area (TPSA) is 66.8 Å². The van der Waals surface area contributed by atoms with Crippen LogP contribution >= 0.6 is 0 Å². The van der Waals surface area contributed by atoms with Crippen LogP contribution in [0.2, 0.25) is 0 Å². The Morgan fingerprint density at radius 1 is 1.05 bits per heavy atom. The first-order valence-electron chi connectivity index (χ1n) is 7.15. The second-order valence-corrected chi connectivity index (χ2v) is 5.42. The van der Waals surface area contributed by atoms with Crippen molar-refractivity contribution in [1.29, 1.82) is 0 Å². The quantitative estimate of drug-likeness (QED) is 0.833. The highest BCUT2D eigenvalue weighted by Gasteiger charge is 2.37. The molecule has 4 heteroatoms. The molecule has 0 saturated carbocycles. The molecule has 4 nitrogen and oxygen atoms in total. The van der Waals surface area contributed by atoms with Crippen LogP contribution in [-0.4, -0.2) is 22.3 Å². The number of rotatable bonds is 5. The molecule has 116 valence electrons. The number of aliphatic hydroxyl groups excluding tert-OH is 1. The second-order valence-electron chi connectivity index (χ2n) is 5.42. The van der Waals surface area contributed by atoms with E-state index in [0.29, 0.717) is 11.1 Å². The lowest BCUT2D eigenvalue weighted by atomic mass is 9.96. The largest absolute Gasteiger partial charge is 0.452 e. The van der Waals surface area contributed by atoms with E-state index in [4.69, 9.17) is 4.74 Å². The molecule has 0 aliphatic carbocycles. The predicted molar refractivity (Wildman–Crippen MR) is 83.0 cm³/mol. The van der Waals surface area contributed by atoms with Crippen LogP contribution in [0.25, 0.3) is 0 Å². The van der Waals surface area contributed by atoms with E-state index >= 15 is 0 Å². The van der Waals surface area contributed by atoms with E-state index in [-0.39, 0.29) is 0 Å². The fourth-order valence-electron chi connectivity index (χ4n) is 2.20. The van der Waals surface area contributed by atoms with Crippen LogP contribution in [0, 0.1) is 0 Å². The number of benzene rings is 2. The van der Waals surface area contributed by atoms with E-state index < -0.39 is 23.8 Å². The molecule has 3 atom stereocenters. The van der Waals surface area contributed by atoms with Gasteiger partial charge in [0.05, 0.1) is 6.10 Å². The van der Waals surface area contributed by atoms with Crippen molar-refractivity contribution < 1.29 is 19.7 Å². The van der Waals surface area contributed by atoms with Gasteiger partial charge in [-0.3, -0.25) is 0 Å². The number of carbonyl (C=O) groups is 1. The molecule has 2 rings (SSSR count). The van der Waals surface area contributed by atoms with Crippen molar-refractivity contribution >= 4 is 5.97 Å². The van der Waals surface area contributed by atoms with Crippen LogP contribution < -0.4 is 0 Å². The minimum absolute atomic E-state index is 0.442. The zero-order valence-corrected chi connectivity index (χ0v) is 12.6. The van der Waals surface area contributed by atoms with Crippen molar-refractivity contribution in [1.82, 2.24) is 0 Å². The Balaban J connectivity index is 2.22. The Hall–Kier alpha value is -2.17. The number of hydrogen-bond donors (Lipinski definition) is 2. The number of carbonyl (C=O) groups excluding carboxylic acids is 1. The van der Waals surface area contributed by atoms with Crippen LogP contribution in [0.3, 0.4) is 0 Å². The highest BCUT2D eigenvalue weighted by atomic mass is 16.6. The number of hydrogen-bond acceptors (Lipinski definition) is 4. The summed E-state index contributed by atoms with van der Waals surface area (Å²) in [5.74, 6) is -0.798. The average Bonchev–Trinajstić information content (AvgIpc) is 2.53. The normalized spacial score (nSPS) is 16.4. The lowest BCUT2D eigenvalue weighted by Gasteiger charge is -2.27. The van der Waals surface area contributed by atoms with Gasteiger partial charge >= 0.3 is 5.97 Å². The highest BCUT2D eigenvalue weighted by Crippen LogP contribution is 2.28. The van der Waals surface area contributed by atoms with Gasteiger partial charge in [-0.25, -0.2) is 4.79 Å². The van der Waals surface area contributed by atoms with Gasteiger partial charge in [-0.15, -0.1) is 0 Å².